The second kappa shape index (κ2) is 14.0. The van der Waals surface area contributed by atoms with Crippen molar-refractivity contribution in [1.82, 2.24) is 19.6 Å². The number of piperidine rings is 1. The fourth-order valence-corrected chi connectivity index (χ4v) is 6.00. The highest BCUT2D eigenvalue weighted by Gasteiger charge is 2.25. The fraction of sp³-hybridized carbons (Fsp3) is 0.467. The summed E-state index contributed by atoms with van der Waals surface area (Å²) in [7, 11) is -0.552. The topological polar surface area (TPSA) is 106 Å². The Morgan fingerprint density at radius 1 is 1.19 bits per heavy atom. The van der Waals surface area contributed by atoms with Gasteiger partial charge in [0.05, 0.1) is 19.2 Å². The minimum Gasteiger partial charge on any atom is -0.493 e. The molecular formula is C30H40FN5O5S. The summed E-state index contributed by atoms with van der Waals surface area (Å²) in [5.74, 6) is 1.17. The van der Waals surface area contributed by atoms with Gasteiger partial charge in [0.25, 0.3) is 10.0 Å². The number of benzene rings is 1. The average molecular weight is 602 g/mol. The van der Waals surface area contributed by atoms with Crippen LogP contribution in [0.2, 0.25) is 0 Å². The Balaban J connectivity index is 1.46. The van der Waals surface area contributed by atoms with Crippen LogP contribution in [0.25, 0.3) is 10.9 Å². The Morgan fingerprint density at radius 3 is 2.62 bits per heavy atom. The zero-order valence-corrected chi connectivity index (χ0v) is 25.5. The second-order valence-corrected chi connectivity index (χ2v) is 12.4. The van der Waals surface area contributed by atoms with Gasteiger partial charge in [-0.3, -0.25) is 14.7 Å². The summed E-state index contributed by atoms with van der Waals surface area (Å²) < 4.78 is 59.6. The number of fused-ring (bicyclic) bond motifs is 1. The van der Waals surface area contributed by atoms with E-state index < -0.39 is 15.9 Å². The van der Waals surface area contributed by atoms with Crippen molar-refractivity contribution in [1.29, 1.82) is 0 Å². The number of nitrogens with zero attached hydrogens (tertiary/aromatic N) is 4. The van der Waals surface area contributed by atoms with Crippen LogP contribution in [0.15, 0.2) is 65.5 Å². The number of methoxy groups -OCH3 is 1. The minimum absolute atomic E-state index is 0.0466. The third-order valence-electron chi connectivity index (χ3n) is 7.25. The molecule has 1 aromatic carbocycles. The van der Waals surface area contributed by atoms with Gasteiger partial charge in [-0.25, -0.2) is 4.39 Å². The molecule has 2 aliphatic rings. The number of aromatic nitrogens is 1. The summed E-state index contributed by atoms with van der Waals surface area (Å²) in [4.78, 5) is 6.91. The molecule has 1 fully saturated rings. The predicted molar refractivity (Wildman–Crippen MR) is 163 cm³/mol. The predicted octanol–water partition coefficient (Wildman–Crippen LogP) is 4.96. The first-order valence-electron chi connectivity index (χ1n) is 14.1. The molecular weight excluding hydrogens is 561 g/mol. The molecule has 0 amide bonds. The average Bonchev–Trinajstić information content (AvgIpc) is 3.40. The number of nitrogens with one attached hydrogen (secondary N) is 1. The van der Waals surface area contributed by atoms with Gasteiger partial charge in [-0.05, 0) is 69.5 Å². The molecule has 0 saturated carbocycles. The first kappa shape index (κ1) is 31.3. The van der Waals surface area contributed by atoms with E-state index in [0.29, 0.717) is 47.7 Å². The number of allylic oxidation sites excluding steroid dienone is 4. The molecule has 10 nitrogen and oxygen atoms in total. The summed E-state index contributed by atoms with van der Waals surface area (Å²) in [5, 5.41) is 6.21. The molecule has 1 saturated heterocycles. The molecule has 0 spiro atoms. The molecule has 1 aromatic heterocycles. The smallest absolute Gasteiger partial charge is 0.276 e. The highest BCUT2D eigenvalue weighted by Crippen LogP contribution is 2.36. The maximum Gasteiger partial charge on any atom is 0.276 e. The van der Waals surface area contributed by atoms with Crippen LogP contribution in [0.4, 0.5) is 4.39 Å². The zero-order valence-electron chi connectivity index (χ0n) is 24.7. The lowest BCUT2D eigenvalue weighted by Gasteiger charge is -2.30. The number of pyridine rings is 1. The minimum atomic E-state index is -3.81. The van der Waals surface area contributed by atoms with Gasteiger partial charge in [0, 0.05) is 49.9 Å². The number of ether oxygens (including phenoxy) is 3. The van der Waals surface area contributed by atoms with Crippen LogP contribution in [0.1, 0.15) is 39.5 Å². The van der Waals surface area contributed by atoms with Crippen molar-refractivity contribution in [2.24, 2.45) is 11.0 Å². The number of sulfonamides is 1. The van der Waals surface area contributed by atoms with Gasteiger partial charge in [-0.15, -0.1) is 0 Å². The van der Waals surface area contributed by atoms with E-state index in [0.717, 1.165) is 32.0 Å². The van der Waals surface area contributed by atoms with Gasteiger partial charge in [0.15, 0.2) is 28.1 Å². The van der Waals surface area contributed by atoms with Gasteiger partial charge in [-0.2, -0.15) is 13.5 Å². The van der Waals surface area contributed by atoms with Crippen LogP contribution in [-0.2, 0) is 10.0 Å². The standard InChI is InChI=1S/C30H40FN5O5S/c1-21-10-16-36(17-11-21)14-6-18-40-29-20-25-24(19-28(29)39-5)27(9-13-32-25)41-26(23(3)31)8-7-22(2)34-42(37,38)30-12-15-35(4)33-30/h7-9,13,19-21,34H,3,6,10-12,14-18H2,1-2,4-5H3/b22-7+,26-8+. The van der Waals surface area contributed by atoms with E-state index in [1.54, 1.807) is 50.5 Å². The summed E-state index contributed by atoms with van der Waals surface area (Å²) in [6.07, 6.45) is 7.96. The highest BCUT2D eigenvalue weighted by atomic mass is 32.2. The number of likely N-dealkylation sites (tertiary alicyclic amines) is 1. The highest BCUT2D eigenvalue weighted by molar-refractivity contribution is 8.04. The third-order valence-corrected chi connectivity index (χ3v) is 8.75. The van der Waals surface area contributed by atoms with Gasteiger partial charge in [-0.1, -0.05) is 13.5 Å². The molecule has 2 aromatic rings. The monoisotopic (exact) mass is 601 g/mol. The SMILES string of the molecule is C=C(F)/C(=C\C=C(/C)NS(=O)(=O)C1=NN(C)CC1)Oc1ccnc2cc(OCCCN3CCC(C)CC3)c(OC)cc12. The van der Waals surface area contributed by atoms with Crippen LogP contribution in [0.3, 0.4) is 0 Å². The van der Waals surface area contributed by atoms with Gasteiger partial charge >= 0.3 is 0 Å². The molecule has 1 N–H and O–H groups in total. The fourth-order valence-electron chi connectivity index (χ4n) is 4.79. The summed E-state index contributed by atoms with van der Waals surface area (Å²) >= 11 is 0. The summed E-state index contributed by atoms with van der Waals surface area (Å²) in [6, 6.07) is 5.12. The lowest BCUT2D eigenvalue weighted by Crippen LogP contribution is -2.34. The Kier molecular flexibility index (Phi) is 10.4. The molecule has 12 heteroatoms. The molecule has 0 atom stereocenters. The Morgan fingerprint density at radius 2 is 1.95 bits per heavy atom. The molecule has 2 aliphatic heterocycles. The Hall–Kier alpha value is -3.64. The Labute approximate surface area is 247 Å². The van der Waals surface area contributed by atoms with Crippen LogP contribution < -0.4 is 18.9 Å². The van der Waals surface area contributed by atoms with Crippen LogP contribution in [-0.4, -0.2) is 75.3 Å². The van der Waals surface area contributed by atoms with Gasteiger partial charge < -0.3 is 19.1 Å². The lowest BCUT2D eigenvalue weighted by molar-refractivity contribution is 0.176. The normalized spacial score (nSPS) is 17.4. The van der Waals surface area contributed by atoms with Crippen molar-refractivity contribution < 1.29 is 27.0 Å². The molecule has 0 radical (unpaired) electrons. The van der Waals surface area contributed by atoms with E-state index in [1.807, 2.05) is 0 Å². The Bertz CT molecular complexity index is 1480. The first-order valence-corrected chi connectivity index (χ1v) is 15.6. The number of hydrogen-bond acceptors (Lipinski definition) is 9. The molecule has 0 bridgehead atoms. The van der Waals surface area contributed by atoms with Crippen molar-refractivity contribution in [3.63, 3.8) is 0 Å². The molecule has 0 unspecified atom stereocenters. The first-order chi connectivity index (χ1) is 20.1. The van der Waals surface area contributed by atoms with E-state index >= 15 is 0 Å². The number of rotatable bonds is 12. The molecule has 228 valence electrons. The third kappa shape index (κ3) is 8.22. The lowest BCUT2D eigenvalue weighted by atomic mass is 9.99. The number of hydrazone groups is 1. The quantitative estimate of drug-likeness (QED) is 0.207. The molecule has 3 heterocycles. The van der Waals surface area contributed by atoms with Crippen LogP contribution in [0.5, 0.6) is 17.2 Å². The second-order valence-electron chi connectivity index (χ2n) is 10.7. The van der Waals surface area contributed by atoms with Crippen molar-refractivity contribution in [2.75, 3.05) is 46.9 Å². The van der Waals surface area contributed by atoms with E-state index in [-0.39, 0.29) is 16.5 Å². The molecule has 42 heavy (non-hydrogen) atoms. The van der Waals surface area contributed by atoms with Gasteiger partial charge in [0.2, 0.25) is 0 Å². The van der Waals surface area contributed by atoms with Crippen LogP contribution >= 0.6 is 0 Å². The van der Waals surface area contributed by atoms with E-state index in [1.165, 1.54) is 25.0 Å². The van der Waals surface area contributed by atoms with Gasteiger partial charge in [0.1, 0.15) is 5.75 Å². The largest absolute Gasteiger partial charge is 0.493 e. The number of hydrogen-bond donors (Lipinski definition) is 1. The molecule has 4 rings (SSSR count). The van der Waals surface area contributed by atoms with Crippen molar-refractivity contribution >= 4 is 26.0 Å². The van der Waals surface area contributed by atoms with Crippen molar-refractivity contribution in [3.05, 3.63) is 60.4 Å². The van der Waals surface area contributed by atoms with Crippen LogP contribution in [0, 0.1) is 5.92 Å². The number of halogens is 1. The summed E-state index contributed by atoms with van der Waals surface area (Å²) in [6.45, 7) is 11.5. The summed E-state index contributed by atoms with van der Waals surface area (Å²) in [5.41, 5.74) is 0.839. The van der Waals surface area contributed by atoms with E-state index in [9.17, 15) is 12.8 Å². The van der Waals surface area contributed by atoms with E-state index in [2.05, 4.69) is 33.2 Å². The zero-order chi connectivity index (χ0) is 30.3. The maximum atomic E-state index is 14.4. The molecule has 0 aliphatic carbocycles. The van der Waals surface area contributed by atoms with Crippen molar-refractivity contribution in [3.8, 4) is 17.2 Å². The van der Waals surface area contributed by atoms with E-state index in [4.69, 9.17) is 14.2 Å². The van der Waals surface area contributed by atoms with Crippen molar-refractivity contribution in [2.45, 2.75) is 39.5 Å². The maximum absolute atomic E-state index is 14.4.